The van der Waals surface area contributed by atoms with E-state index in [2.05, 4.69) is 0 Å². The van der Waals surface area contributed by atoms with Crippen molar-refractivity contribution in [3.8, 4) is 0 Å². The van der Waals surface area contributed by atoms with Crippen molar-refractivity contribution in [3.05, 3.63) is 46.6 Å². The number of allylic oxidation sites excluding steroid dienone is 4. The number of carbonyl (C=O) groups is 2. The lowest BCUT2D eigenvalue weighted by atomic mass is 9.80. The van der Waals surface area contributed by atoms with E-state index in [0.29, 0.717) is 0 Å². The zero-order chi connectivity index (χ0) is 16.9. The summed E-state index contributed by atoms with van der Waals surface area (Å²) < 4.78 is 9.77. The van der Waals surface area contributed by atoms with Crippen LogP contribution < -0.4 is 0 Å². The molecular weight excluding hydrogens is 280 g/mol. The van der Waals surface area contributed by atoms with E-state index in [0.717, 1.165) is 22.3 Å². The molecule has 2 unspecified atom stereocenters. The molecule has 4 nitrogen and oxygen atoms in total. The summed E-state index contributed by atoms with van der Waals surface area (Å²) in [6.07, 6.45) is 7.28. The average Bonchev–Trinajstić information content (AvgIpc) is 2.46. The SMILES string of the molecule is COC(=O)C1C=CC(C(=O)OC)C(C=C(C)C)=C1C=C(C)C. The predicted octanol–water partition coefficient (Wildman–Crippen LogP) is 3.36. The summed E-state index contributed by atoms with van der Waals surface area (Å²) in [7, 11) is 2.73. The molecule has 0 aromatic heterocycles. The van der Waals surface area contributed by atoms with E-state index in [1.807, 2.05) is 39.8 Å². The zero-order valence-electron chi connectivity index (χ0n) is 14.1. The fraction of sp³-hybridized carbons (Fsp3) is 0.444. The van der Waals surface area contributed by atoms with Gasteiger partial charge < -0.3 is 9.47 Å². The van der Waals surface area contributed by atoms with Crippen LogP contribution in [0.1, 0.15) is 27.7 Å². The van der Waals surface area contributed by atoms with Crippen LogP contribution in [0.25, 0.3) is 0 Å². The van der Waals surface area contributed by atoms with Gasteiger partial charge in [-0.2, -0.15) is 0 Å². The molecule has 2 atom stereocenters. The van der Waals surface area contributed by atoms with Crippen molar-refractivity contribution in [2.45, 2.75) is 27.7 Å². The van der Waals surface area contributed by atoms with Crippen LogP contribution in [0.15, 0.2) is 46.6 Å². The maximum atomic E-state index is 12.1. The molecule has 0 aromatic carbocycles. The Balaban J connectivity index is 3.55. The fourth-order valence-electron chi connectivity index (χ4n) is 2.42. The Morgan fingerprint density at radius 1 is 0.818 bits per heavy atom. The number of esters is 2. The molecule has 22 heavy (non-hydrogen) atoms. The minimum atomic E-state index is -0.508. The van der Waals surface area contributed by atoms with E-state index >= 15 is 0 Å². The zero-order valence-corrected chi connectivity index (χ0v) is 14.1. The van der Waals surface area contributed by atoms with Crippen molar-refractivity contribution in [2.24, 2.45) is 11.8 Å². The molecule has 0 fully saturated rings. The maximum Gasteiger partial charge on any atom is 0.317 e. The Hall–Kier alpha value is -2.10. The van der Waals surface area contributed by atoms with E-state index in [1.165, 1.54) is 14.2 Å². The van der Waals surface area contributed by atoms with Crippen LogP contribution in [0.3, 0.4) is 0 Å². The van der Waals surface area contributed by atoms with E-state index in [9.17, 15) is 9.59 Å². The van der Waals surface area contributed by atoms with Gasteiger partial charge >= 0.3 is 11.9 Å². The summed E-state index contributed by atoms with van der Waals surface area (Å²) in [6.45, 7) is 7.81. The molecule has 0 spiro atoms. The van der Waals surface area contributed by atoms with Crippen LogP contribution in [-0.4, -0.2) is 26.2 Å². The number of hydrogen-bond acceptors (Lipinski definition) is 4. The summed E-state index contributed by atoms with van der Waals surface area (Å²) in [5.74, 6) is -1.70. The van der Waals surface area contributed by atoms with Gasteiger partial charge in [-0.3, -0.25) is 9.59 Å². The van der Waals surface area contributed by atoms with Gasteiger partial charge in [-0.05, 0) is 38.8 Å². The molecule has 0 N–H and O–H groups in total. The maximum absolute atomic E-state index is 12.1. The quantitative estimate of drug-likeness (QED) is 0.590. The van der Waals surface area contributed by atoms with Gasteiger partial charge in [0, 0.05) is 0 Å². The molecule has 0 aliphatic heterocycles. The second-order valence-corrected chi connectivity index (χ2v) is 5.74. The predicted molar refractivity (Wildman–Crippen MR) is 86.0 cm³/mol. The Kier molecular flexibility index (Phi) is 6.35. The number of ether oxygens (including phenoxy) is 2. The van der Waals surface area contributed by atoms with E-state index in [1.54, 1.807) is 12.2 Å². The Morgan fingerprint density at radius 2 is 1.14 bits per heavy atom. The molecule has 1 rings (SSSR count). The van der Waals surface area contributed by atoms with Crippen LogP contribution in [-0.2, 0) is 19.1 Å². The van der Waals surface area contributed by atoms with Gasteiger partial charge in [0.15, 0.2) is 0 Å². The minimum absolute atomic E-state index is 0.341. The second kappa shape index (κ2) is 7.78. The topological polar surface area (TPSA) is 52.6 Å². The summed E-state index contributed by atoms with van der Waals surface area (Å²) >= 11 is 0. The number of hydrogen-bond donors (Lipinski definition) is 0. The number of rotatable bonds is 4. The van der Waals surface area contributed by atoms with Crippen LogP contribution in [0, 0.1) is 11.8 Å². The summed E-state index contributed by atoms with van der Waals surface area (Å²) in [5.41, 5.74) is 3.65. The normalized spacial score (nSPS) is 20.3. The molecule has 0 saturated heterocycles. The summed E-state index contributed by atoms with van der Waals surface area (Å²) in [4.78, 5) is 24.1. The molecule has 1 aliphatic rings. The van der Waals surface area contributed by atoms with Gasteiger partial charge in [0.2, 0.25) is 0 Å². The third-order valence-electron chi connectivity index (χ3n) is 3.30. The highest BCUT2D eigenvalue weighted by Crippen LogP contribution is 2.34. The van der Waals surface area contributed by atoms with Crippen LogP contribution in [0.2, 0.25) is 0 Å². The van der Waals surface area contributed by atoms with Crippen LogP contribution in [0.4, 0.5) is 0 Å². The molecule has 0 amide bonds. The third kappa shape index (κ3) is 4.20. The third-order valence-corrected chi connectivity index (χ3v) is 3.30. The highest BCUT2D eigenvalue weighted by Gasteiger charge is 2.32. The first kappa shape index (κ1) is 18.0. The molecular formula is C18H24O4. The summed E-state index contributed by atoms with van der Waals surface area (Å²) in [6, 6.07) is 0. The van der Waals surface area contributed by atoms with Gasteiger partial charge in [-0.25, -0.2) is 0 Å². The molecule has 0 bridgehead atoms. The number of methoxy groups -OCH3 is 2. The Morgan fingerprint density at radius 3 is 1.36 bits per heavy atom. The lowest BCUT2D eigenvalue weighted by molar-refractivity contribution is -0.144. The Labute approximate surface area is 132 Å². The van der Waals surface area contributed by atoms with E-state index in [-0.39, 0.29) is 11.9 Å². The Bertz CT molecular complexity index is 518. The van der Waals surface area contributed by atoms with E-state index < -0.39 is 11.8 Å². The van der Waals surface area contributed by atoms with Gasteiger partial charge in [0.25, 0.3) is 0 Å². The van der Waals surface area contributed by atoms with Gasteiger partial charge in [0.1, 0.15) is 11.8 Å². The minimum Gasteiger partial charge on any atom is -0.468 e. The smallest absolute Gasteiger partial charge is 0.317 e. The monoisotopic (exact) mass is 304 g/mol. The number of carbonyl (C=O) groups excluding carboxylic acids is 2. The van der Waals surface area contributed by atoms with Crippen molar-refractivity contribution < 1.29 is 19.1 Å². The van der Waals surface area contributed by atoms with Gasteiger partial charge in [0.05, 0.1) is 14.2 Å². The van der Waals surface area contributed by atoms with Gasteiger partial charge in [-0.15, -0.1) is 0 Å². The molecule has 1 aliphatic carbocycles. The second-order valence-electron chi connectivity index (χ2n) is 5.74. The highest BCUT2D eigenvalue weighted by atomic mass is 16.5. The first-order chi connectivity index (χ1) is 10.3. The molecule has 0 aromatic rings. The van der Waals surface area contributed by atoms with E-state index in [4.69, 9.17) is 9.47 Å². The fourth-order valence-corrected chi connectivity index (χ4v) is 2.42. The van der Waals surface area contributed by atoms with Crippen molar-refractivity contribution in [3.63, 3.8) is 0 Å². The van der Waals surface area contributed by atoms with Crippen molar-refractivity contribution in [1.82, 2.24) is 0 Å². The molecule has 0 radical (unpaired) electrons. The molecule has 120 valence electrons. The van der Waals surface area contributed by atoms with Crippen LogP contribution in [0.5, 0.6) is 0 Å². The first-order valence-corrected chi connectivity index (χ1v) is 7.19. The highest BCUT2D eigenvalue weighted by molar-refractivity contribution is 5.85. The van der Waals surface area contributed by atoms with Crippen molar-refractivity contribution >= 4 is 11.9 Å². The molecule has 0 heterocycles. The van der Waals surface area contributed by atoms with Crippen molar-refractivity contribution in [1.29, 1.82) is 0 Å². The van der Waals surface area contributed by atoms with Crippen molar-refractivity contribution in [2.75, 3.05) is 14.2 Å². The molecule has 0 saturated carbocycles. The first-order valence-electron chi connectivity index (χ1n) is 7.19. The van der Waals surface area contributed by atoms with Crippen LogP contribution >= 0.6 is 0 Å². The summed E-state index contributed by atoms with van der Waals surface area (Å²) in [5, 5.41) is 0. The average molecular weight is 304 g/mol. The largest absolute Gasteiger partial charge is 0.468 e. The lowest BCUT2D eigenvalue weighted by Crippen LogP contribution is -2.26. The molecule has 4 heteroatoms. The van der Waals surface area contributed by atoms with Gasteiger partial charge in [-0.1, -0.05) is 35.5 Å². The standard InChI is InChI=1S/C18H24O4/c1-11(2)9-15-13(17(19)21-5)7-8-14(18(20)22-6)16(15)10-12(3)4/h7-10,13-14H,1-6H3. The lowest BCUT2D eigenvalue weighted by Gasteiger charge is -2.25.